The molecule has 0 saturated heterocycles. The van der Waals surface area contributed by atoms with E-state index in [9.17, 15) is 14.9 Å². The smallest absolute Gasteiger partial charge is 0.276 e. The van der Waals surface area contributed by atoms with Crippen molar-refractivity contribution in [2.75, 3.05) is 5.43 Å². The molecule has 1 amide bonds. The highest BCUT2D eigenvalue weighted by Crippen LogP contribution is 2.28. The molecule has 0 radical (unpaired) electrons. The van der Waals surface area contributed by atoms with Gasteiger partial charge in [0.25, 0.3) is 5.91 Å². The van der Waals surface area contributed by atoms with Crippen LogP contribution in [0.25, 0.3) is 16.9 Å². The van der Waals surface area contributed by atoms with Crippen molar-refractivity contribution in [2.24, 2.45) is 0 Å². The number of carbonyl (C=O) groups excluding carboxylic acids is 1. The molecule has 11 nitrogen and oxygen atoms in total. The first kappa shape index (κ1) is 18.0. The molecule has 0 saturated carbocycles. The number of aromatic nitrogens is 5. The molecule has 2 N–H and O–H groups in total. The maximum atomic E-state index is 12.4. The average Bonchev–Trinajstić information content (AvgIpc) is 3.16. The van der Waals surface area contributed by atoms with E-state index in [-0.39, 0.29) is 11.6 Å². The van der Waals surface area contributed by atoms with E-state index < -0.39 is 16.5 Å². The van der Waals surface area contributed by atoms with E-state index in [0.717, 1.165) is 11.9 Å². The molecule has 0 aliphatic heterocycles. The quantitative estimate of drug-likeness (QED) is 0.390. The van der Waals surface area contributed by atoms with Crippen LogP contribution in [0.3, 0.4) is 0 Å². The molecule has 29 heavy (non-hydrogen) atoms. The molecule has 2 aromatic carbocycles. The van der Waals surface area contributed by atoms with Crippen LogP contribution < -0.4 is 10.9 Å². The Morgan fingerprint density at radius 3 is 2.66 bits per heavy atom. The van der Waals surface area contributed by atoms with Crippen molar-refractivity contribution in [1.29, 1.82) is 0 Å². The van der Waals surface area contributed by atoms with Crippen molar-refractivity contribution in [3.63, 3.8) is 0 Å². The third kappa shape index (κ3) is 3.32. The fourth-order valence-corrected chi connectivity index (χ4v) is 2.82. The summed E-state index contributed by atoms with van der Waals surface area (Å²) in [6.07, 6.45) is 1.14. The van der Waals surface area contributed by atoms with Gasteiger partial charge in [0.2, 0.25) is 11.6 Å². The van der Waals surface area contributed by atoms with Crippen LogP contribution in [0.15, 0.2) is 54.9 Å². The summed E-state index contributed by atoms with van der Waals surface area (Å²) in [5.74, 6) is -0.711. The minimum atomic E-state index is -0.645. The van der Waals surface area contributed by atoms with Crippen LogP contribution in [-0.2, 0) is 0 Å². The molecule has 2 aromatic heterocycles. The normalized spacial score (nSPS) is 10.7. The summed E-state index contributed by atoms with van der Waals surface area (Å²) < 4.78 is 1.25. The minimum absolute atomic E-state index is 0.0775. The van der Waals surface area contributed by atoms with Crippen LogP contribution in [0.2, 0.25) is 0 Å². The number of hydrogen-bond acceptors (Lipinski definition) is 8. The van der Waals surface area contributed by atoms with E-state index in [1.807, 2.05) is 6.07 Å². The highest BCUT2D eigenvalue weighted by atomic mass is 16.6. The Hall–Kier alpha value is -4.41. The van der Waals surface area contributed by atoms with Gasteiger partial charge in [-0.1, -0.05) is 35.5 Å². The van der Waals surface area contributed by atoms with Gasteiger partial charge in [0.05, 0.1) is 10.4 Å². The van der Waals surface area contributed by atoms with Crippen molar-refractivity contribution < 1.29 is 9.72 Å². The number of benzene rings is 2. The number of fused-ring (bicyclic) bond motifs is 1. The highest BCUT2D eigenvalue weighted by Gasteiger charge is 2.26. The van der Waals surface area contributed by atoms with E-state index in [0.29, 0.717) is 16.6 Å². The second-order valence-corrected chi connectivity index (χ2v) is 6.04. The number of nitrogens with one attached hydrogen (secondary N) is 2. The van der Waals surface area contributed by atoms with Gasteiger partial charge in [-0.25, -0.2) is 9.97 Å². The minimum Gasteiger partial charge on any atom is -0.276 e. The van der Waals surface area contributed by atoms with Crippen molar-refractivity contribution in [3.8, 4) is 5.82 Å². The van der Waals surface area contributed by atoms with Gasteiger partial charge < -0.3 is 0 Å². The molecule has 0 bridgehead atoms. The standard InChI is InChI=1S/C18H14N8O3/c1-11-6-2-3-7-12(11)18(27)23-22-16-15(26(28)29)17(20-10-19-16)25-14-9-5-4-8-13(14)21-24-25/h2-10H,1H3,(H,23,27)(H,19,20,22). The summed E-state index contributed by atoms with van der Waals surface area (Å²) >= 11 is 0. The molecule has 0 aliphatic rings. The van der Waals surface area contributed by atoms with E-state index in [1.165, 1.54) is 4.68 Å². The number of aryl methyl sites for hydroxylation is 1. The van der Waals surface area contributed by atoms with E-state index in [2.05, 4.69) is 31.1 Å². The van der Waals surface area contributed by atoms with Gasteiger partial charge in [-0.3, -0.25) is 25.8 Å². The fraction of sp³-hybridized carbons (Fsp3) is 0.0556. The molecular formula is C18H14N8O3. The summed E-state index contributed by atoms with van der Waals surface area (Å²) in [6.45, 7) is 1.79. The molecule has 4 rings (SSSR count). The molecule has 11 heteroatoms. The number of para-hydroxylation sites is 1. The predicted octanol–water partition coefficient (Wildman–Crippen LogP) is 2.18. The fourth-order valence-electron chi connectivity index (χ4n) is 2.82. The summed E-state index contributed by atoms with van der Waals surface area (Å²) in [6, 6.07) is 14.0. The zero-order valence-electron chi connectivity index (χ0n) is 15.1. The van der Waals surface area contributed by atoms with Crippen LogP contribution in [-0.4, -0.2) is 35.8 Å². The van der Waals surface area contributed by atoms with Crippen LogP contribution >= 0.6 is 0 Å². The lowest BCUT2D eigenvalue weighted by Crippen LogP contribution is -2.31. The zero-order valence-corrected chi connectivity index (χ0v) is 15.1. The number of amides is 1. The van der Waals surface area contributed by atoms with Crippen LogP contribution in [0.4, 0.5) is 11.5 Å². The van der Waals surface area contributed by atoms with Crippen LogP contribution in [0, 0.1) is 17.0 Å². The SMILES string of the molecule is Cc1ccccc1C(=O)NNc1ncnc(-n2nnc3ccccc32)c1[N+](=O)[O-]. The summed E-state index contributed by atoms with van der Waals surface area (Å²) in [7, 11) is 0. The zero-order chi connectivity index (χ0) is 20.4. The molecule has 4 aromatic rings. The Labute approximate surface area is 163 Å². The second-order valence-electron chi connectivity index (χ2n) is 6.04. The number of anilines is 1. The first-order chi connectivity index (χ1) is 14.1. The van der Waals surface area contributed by atoms with Gasteiger partial charge in [0.15, 0.2) is 0 Å². The lowest BCUT2D eigenvalue weighted by molar-refractivity contribution is -0.384. The van der Waals surface area contributed by atoms with Crippen LogP contribution in [0.5, 0.6) is 0 Å². The summed E-state index contributed by atoms with van der Waals surface area (Å²) in [4.78, 5) is 31.4. The van der Waals surface area contributed by atoms with E-state index >= 15 is 0 Å². The van der Waals surface area contributed by atoms with Crippen molar-refractivity contribution in [3.05, 3.63) is 76.1 Å². The lowest BCUT2D eigenvalue weighted by atomic mass is 10.1. The number of nitro groups is 1. The third-order valence-electron chi connectivity index (χ3n) is 4.22. The number of rotatable bonds is 5. The Morgan fingerprint density at radius 1 is 1.10 bits per heavy atom. The van der Waals surface area contributed by atoms with Gasteiger partial charge in [-0.2, -0.15) is 4.68 Å². The first-order valence-electron chi connectivity index (χ1n) is 8.48. The Kier molecular flexibility index (Phi) is 4.53. The number of carbonyl (C=O) groups is 1. The summed E-state index contributed by atoms with van der Waals surface area (Å²) in [5.41, 5.74) is 6.79. The van der Waals surface area contributed by atoms with Gasteiger partial charge in [0.1, 0.15) is 11.8 Å². The molecule has 0 atom stereocenters. The van der Waals surface area contributed by atoms with Gasteiger partial charge in [-0.05, 0) is 30.7 Å². The van der Waals surface area contributed by atoms with E-state index in [1.54, 1.807) is 49.4 Å². The maximum Gasteiger partial charge on any atom is 0.357 e. The molecule has 0 unspecified atom stereocenters. The molecular weight excluding hydrogens is 376 g/mol. The number of nitrogens with zero attached hydrogens (tertiary/aromatic N) is 6. The average molecular weight is 390 g/mol. The molecule has 2 heterocycles. The van der Waals surface area contributed by atoms with Gasteiger partial charge in [-0.15, -0.1) is 5.10 Å². The summed E-state index contributed by atoms with van der Waals surface area (Å²) in [5, 5.41) is 19.7. The largest absolute Gasteiger partial charge is 0.357 e. The predicted molar refractivity (Wildman–Crippen MR) is 103 cm³/mol. The van der Waals surface area contributed by atoms with Crippen LogP contribution in [0.1, 0.15) is 15.9 Å². The molecule has 0 fully saturated rings. The first-order valence-corrected chi connectivity index (χ1v) is 8.48. The lowest BCUT2D eigenvalue weighted by Gasteiger charge is -2.11. The molecule has 0 aliphatic carbocycles. The third-order valence-corrected chi connectivity index (χ3v) is 4.22. The number of hydrogen-bond donors (Lipinski definition) is 2. The number of hydrazine groups is 1. The molecule has 0 spiro atoms. The Bertz CT molecular complexity index is 1240. The Morgan fingerprint density at radius 2 is 1.86 bits per heavy atom. The van der Waals surface area contributed by atoms with Gasteiger partial charge in [0, 0.05) is 5.56 Å². The van der Waals surface area contributed by atoms with Gasteiger partial charge >= 0.3 is 5.69 Å². The van der Waals surface area contributed by atoms with E-state index in [4.69, 9.17) is 0 Å². The van der Waals surface area contributed by atoms with Crippen molar-refractivity contribution in [2.45, 2.75) is 6.92 Å². The Balaban J connectivity index is 1.70. The maximum absolute atomic E-state index is 12.4. The van der Waals surface area contributed by atoms with Crippen molar-refractivity contribution in [1.82, 2.24) is 30.4 Å². The topological polar surface area (TPSA) is 141 Å². The second kappa shape index (κ2) is 7.31. The highest BCUT2D eigenvalue weighted by molar-refractivity contribution is 5.96. The molecule has 144 valence electrons. The monoisotopic (exact) mass is 390 g/mol. The van der Waals surface area contributed by atoms with Crippen molar-refractivity contribution >= 4 is 28.4 Å².